The minimum atomic E-state index is -3.62. The molecule has 0 saturated carbocycles. The van der Waals surface area contributed by atoms with Crippen molar-refractivity contribution in [3.63, 3.8) is 0 Å². The lowest BCUT2D eigenvalue weighted by atomic mass is 10.1. The first-order valence-corrected chi connectivity index (χ1v) is 14.3. The zero-order chi connectivity index (χ0) is 21.6. The van der Waals surface area contributed by atoms with Gasteiger partial charge in [0.05, 0.1) is 6.61 Å². The Bertz CT molecular complexity index is 357. The van der Waals surface area contributed by atoms with Gasteiger partial charge in [0.1, 0.15) is 0 Å². The van der Waals surface area contributed by atoms with Crippen molar-refractivity contribution in [2.24, 2.45) is 0 Å². The average Bonchev–Trinajstić information content (AvgIpc) is 2.69. The van der Waals surface area contributed by atoms with E-state index in [0.717, 1.165) is 25.7 Å². The number of rotatable bonds is 23. The van der Waals surface area contributed by atoms with Crippen LogP contribution < -0.4 is 0 Å². The maximum Gasteiger partial charge on any atom is 0.405 e. The van der Waals surface area contributed by atoms with E-state index in [1.54, 1.807) is 11.6 Å². The highest BCUT2D eigenvalue weighted by molar-refractivity contribution is 7.50. The molecule has 1 unspecified atom stereocenters. The maximum atomic E-state index is 12.5. The van der Waals surface area contributed by atoms with Gasteiger partial charge in [-0.05, 0) is 19.8 Å². The Labute approximate surface area is 182 Å². The molecule has 0 saturated heterocycles. The molecule has 0 amide bonds. The fourth-order valence-electron chi connectivity index (χ4n) is 3.82. The van der Waals surface area contributed by atoms with Crippen molar-refractivity contribution in [3.05, 3.63) is 0 Å². The van der Waals surface area contributed by atoms with Crippen molar-refractivity contribution in [2.45, 2.75) is 136 Å². The molecule has 0 aromatic heterocycles. The van der Waals surface area contributed by atoms with E-state index in [9.17, 15) is 9.46 Å². The second-order valence-electron chi connectivity index (χ2n) is 8.52. The van der Waals surface area contributed by atoms with Crippen LogP contribution in [0.25, 0.3) is 0 Å². The van der Waals surface area contributed by atoms with Gasteiger partial charge in [-0.2, -0.15) is 0 Å². The van der Waals surface area contributed by atoms with E-state index in [-0.39, 0.29) is 0 Å². The highest BCUT2D eigenvalue weighted by Crippen LogP contribution is 2.46. The van der Waals surface area contributed by atoms with Crippen LogP contribution in [0.4, 0.5) is 0 Å². The van der Waals surface area contributed by atoms with Crippen molar-refractivity contribution >= 4 is 7.75 Å². The third-order valence-electron chi connectivity index (χ3n) is 5.69. The van der Waals surface area contributed by atoms with Crippen LogP contribution in [0.2, 0.25) is 0 Å². The highest BCUT2D eigenvalue weighted by Gasteiger charge is 2.28. The van der Waals surface area contributed by atoms with E-state index in [2.05, 4.69) is 13.8 Å². The van der Waals surface area contributed by atoms with Crippen LogP contribution in [-0.2, 0) is 9.09 Å². The first kappa shape index (κ1) is 29.1. The molecule has 29 heavy (non-hydrogen) atoms. The van der Waals surface area contributed by atoms with Gasteiger partial charge in [0.15, 0.2) is 0 Å². The fraction of sp³-hybridized carbons (Fsp3) is 1.00. The van der Waals surface area contributed by atoms with Crippen molar-refractivity contribution in [1.29, 1.82) is 0 Å². The molecular weight excluding hydrogens is 381 g/mol. The van der Waals surface area contributed by atoms with Crippen molar-refractivity contribution in [1.82, 2.24) is 4.67 Å². The van der Waals surface area contributed by atoms with Gasteiger partial charge in [0.2, 0.25) is 0 Å². The Morgan fingerprint density at radius 3 is 1.21 bits per heavy atom. The van der Waals surface area contributed by atoms with E-state index < -0.39 is 7.75 Å². The minimum Gasteiger partial charge on any atom is -0.312 e. The molecule has 0 aromatic carbocycles. The smallest absolute Gasteiger partial charge is 0.312 e. The Hall–Kier alpha value is 0.110. The summed E-state index contributed by atoms with van der Waals surface area (Å²) in [6.07, 6.45) is 22.8. The van der Waals surface area contributed by atoms with Gasteiger partial charge < -0.3 is 4.89 Å². The Balaban J connectivity index is 3.92. The van der Waals surface area contributed by atoms with Crippen molar-refractivity contribution < 1.29 is 14.0 Å². The summed E-state index contributed by atoms with van der Waals surface area (Å²) < 4.78 is 19.4. The van der Waals surface area contributed by atoms with Crippen LogP contribution in [0.5, 0.6) is 0 Å². The fourth-order valence-corrected chi connectivity index (χ4v) is 5.11. The molecule has 1 atom stereocenters. The maximum absolute atomic E-state index is 12.5. The van der Waals surface area contributed by atoms with Gasteiger partial charge >= 0.3 is 7.75 Å². The SMILES string of the molecule is CCCCCCCCCCCN(CCCCCCCCCCC)P(=O)(O)OCC. The Morgan fingerprint density at radius 1 is 0.586 bits per heavy atom. The third kappa shape index (κ3) is 18.6. The molecule has 0 heterocycles. The van der Waals surface area contributed by atoms with Crippen LogP contribution in [0.1, 0.15) is 136 Å². The largest absolute Gasteiger partial charge is 0.405 e. The van der Waals surface area contributed by atoms with E-state index in [4.69, 9.17) is 4.52 Å². The van der Waals surface area contributed by atoms with Gasteiger partial charge in [-0.1, -0.05) is 117 Å². The van der Waals surface area contributed by atoms with E-state index in [1.807, 2.05) is 0 Å². The minimum absolute atomic E-state index is 0.291. The van der Waals surface area contributed by atoms with Gasteiger partial charge in [-0.3, -0.25) is 4.52 Å². The Morgan fingerprint density at radius 2 is 0.897 bits per heavy atom. The molecule has 0 aromatic rings. The van der Waals surface area contributed by atoms with Gasteiger partial charge in [-0.15, -0.1) is 0 Å². The summed E-state index contributed by atoms with van der Waals surface area (Å²) in [7, 11) is -3.62. The third-order valence-corrected chi connectivity index (χ3v) is 7.40. The average molecular weight is 434 g/mol. The molecule has 0 rings (SSSR count). The van der Waals surface area contributed by atoms with Crippen LogP contribution in [-0.4, -0.2) is 29.3 Å². The predicted octanol–water partition coefficient (Wildman–Crippen LogP) is 8.49. The summed E-state index contributed by atoms with van der Waals surface area (Å²) >= 11 is 0. The van der Waals surface area contributed by atoms with Crippen molar-refractivity contribution in [2.75, 3.05) is 19.7 Å². The second-order valence-corrected chi connectivity index (χ2v) is 10.3. The zero-order valence-corrected chi connectivity index (χ0v) is 20.9. The number of hydrogen-bond donors (Lipinski definition) is 1. The van der Waals surface area contributed by atoms with Crippen molar-refractivity contribution in [3.8, 4) is 0 Å². The lowest BCUT2D eigenvalue weighted by Crippen LogP contribution is -2.24. The molecule has 0 fully saturated rings. The van der Waals surface area contributed by atoms with E-state index in [1.165, 1.54) is 89.9 Å². The normalized spacial score (nSPS) is 13.8. The second kappa shape index (κ2) is 21.3. The molecule has 0 spiro atoms. The molecule has 1 N–H and O–H groups in total. The molecule has 0 aliphatic rings. The van der Waals surface area contributed by atoms with Gasteiger partial charge in [0.25, 0.3) is 0 Å². The Kier molecular flexibility index (Phi) is 21.4. The first-order valence-electron chi connectivity index (χ1n) is 12.8. The summed E-state index contributed by atoms with van der Waals surface area (Å²) in [6, 6.07) is 0. The van der Waals surface area contributed by atoms with Crippen LogP contribution in [0.15, 0.2) is 0 Å². The molecule has 0 bridgehead atoms. The standard InChI is InChI=1S/C24H52NO3P/c1-4-7-9-11-13-15-17-19-21-23-25(29(26,27)28-6-3)24-22-20-18-16-14-12-10-8-5-2/h4-24H2,1-3H3,(H,26,27). The van der Waals surface area contributed by atoms with Crippen LogP contribution in [0.3, 0.4) is 0 Å². The van der Waals surface area contributed by atoms with Gasteiger partial charge in [-0.25, -0.2) is 9.24 Å². The topological polar surface area (TPSA) is 49.8 Å². The molecule has 0 radical (unpaired) electrons. The lowest BCUT2D eigenvalue weighted by Gasteiger charge is -2.26. The number of nitrogens with zero attached hydrogens (tertiary/aromatic N) is 1. The molecule has 5 heteroatoms. The molecular formula is C24H52NO3P. The predicted molar refractivity (Wildman–Crippen MR) is 127 cm³/mol. The summed E-state index contributed by atoms with van der Waals surface area (Å²) in [5.74, 6) is 0. The molecule has 0 aliphatic heterocycles. The number of unbranched alkanes of at least 4 members (excludes halogenated alkanes) is 16. The van der Waals surface area contributed by atoms with Crippen LogP contribution >= 0.6 is 7.75 Å². The summed E-state index contributed by atoms with van der Waals surface area (Å²) in [5.41, 5.74) is 0. The highest BCUT2D eigenvalue weighted by atomic mass is 31.2. The molecule has 0 aliphatic carbocycles. The monoisotopic (exact) mass is 433 g/mol. The quantitative estimate of drug-likeness (QED) is 0.130. The molecule has 176 valence electrons. The summed E-state index contributed by atoms with van der Waals surface area (Å²) in [5, 5.41) is 0. The van der Waals surface area contributed by atoms with Crippen LogP contribution in [0, 0.1) is 0 Å². The molecule has 4 nitrogen and oxygen atoms in total. The zero-order valence-electron chi connectivity index (χ0n) is 20.0. The van der Waals surface area contributed by atoms with E-state index >= 15 is 0 Å². The summed E-state index contributed by atoms with van der Waals surface area (Å²) in [4.78, 5) is 10.3. The number of hydrogen-bond acceptors (Lipinski definition) is 2. The summed E-state index contributed by atoms with van der Waals surface area (Å²) in [6.45, 7) is 7.95. The lowest BCUT2D eigenvalue weighted by molar-refractivity contribution is 0.206. The first-order chi connectivity index (χ1) is 14.1. The van der Waals surface area contributed by atoms with E-state index in [0.29, 0.717) is 19.7 Å². The van der Waals surface area contributed by atoms with Gasteiger partial charge in [0, 0.05) is 13.1 Å².